The first-order valence-corrected chi connectivity index (χ1v) is 15.0. The van der Waals surface area contributed by atoms with Gasteiger partial charge < -0.3 is 9.64 Å². The average molecular weight is 784 g/mol. The molecule has 200 valence electrons. The largest absolute Gasteiger partial charge is 0.426 e. The Hall–Kier alpha value is -2.34. The van der Waals surface area contributed by atoms with Crippen LogP contribution < -0.4 is 14.5 Å². The molecule has 0 aliphatic carbocycles. The van der Waals surface area contributed by atoms with Gasteiger partial charge in [0.1, 0.15) is 5.75 Å². The van der Waals surface area contributed by atoms with Gasteiger partial charge in [-0.05, 0) is 132 Å². The van der Waals surface area contributed by atoms with E-state index in [2.05, 4.69) is 63.7 Å². The molecule has 11 heteroatoms. The number of halogens is 4. The summed E-state index contributed by atoms with van der Waals surface area (Å²) in [6.45, 7) is 5.90. The SMILES string of the molecule is Cc1cc(C)cc(N2C[C@H](C(=O)Oc3ccc(N4C(=O)c5c(Br)c(Br)c(Br)c(Br)c5C4=O)c(C)c3)CC2=O)c1. The lowest BCUT2D eigenvalue weighted by Gasteiger charge is -2.19. The van der Waals surface area contributed by atoms with Crippen LogP contribution in [0.2, 0.25) is 0 Å². The lowest BCUT2D eigenvalue weighted by Crippen LogP contribution is -2.30. The molecule has 0 spiro atoms. The summed E-state index contributed by atoms with van der Waals surface area (Å²) in [6.07, 6.45) is 0.0623. The highest BCUT2D eigenvalue weighted by molar-refractivity contribution is 9.15. The van der Waals surface area contributed by atoms with Crippen molar-refractivity contribution in [3.8, 4) is 5.75 Å². The molecule has 3 amide bonds. The second kappa shape index (κ2) is 10.6. The number of hydrogen-bond acceptors (Lipinski definition) is 5. The Balaban J connectivity index is 1.35. The van der Waals surface area contributed by atoms with E-state index in [-0.39, 0.29) is 35.7 Å². The number of aryl methyl sites for hydroxylation is 3. The molecule has 2 heterocycles. The number of hydrogen-bond donors (Lipinski definition) is 0. The zero-order valence-corrected chi connectivity index (χ0v) is 27.2. The fourth-order valence-corrected chi connectivity index (χ4v) is 7.39. The monoisotopic (exact) mass is 780 g/mol. The van der Waals surface area contributed by atoms with Crippen LogP contribution in [0.1, 0.15) is 43.8 Å². The maximum atomic E-state index is 13.3. The van der Waals surface area contributed by atoms with E-state index in [0.29, 0.717) is 29.1 Å². The molecule has 1 saturated heterocycles. The summed E-state index contributed by atoms with van der Waals surface area (Å²) in [4.78, 5) is 55.1. The van der Waals surface area contributed by atoms with E-state index >= 15 is 0 Å². The minimum Gasteiger partial charge on any atom is -0.426 e. The molecule has 2 aliphatic rings. The molecular formula is C28H20Br4N2O5. The molecule has 0 bridgehead atoms. The first kappa shape index (κ1) is 28.2. The van der Waals surface area contributed by atoms with Gasteiger partial charge in [-0.15, -0.1) is 0 Å². The van der Waals surface area contributed by atoms with Gasteiger partial charge in [0.05, 0.1) is 22.7 Å². The van der Waals surface area contributed by atoms with E-state index in [0.717, 1.165) is 21.7 Å². The van der Waals surface area contributed by atoms with Gasteiger partial charge in [-0.2, -0.15) is 0 Å². The van der Waals surface area contributed by atoms with Crippen molar-refractivity contribution in [1.29, 1.82) is 0 Å². The zero-order chi connectivity index (χ0) is 28.3. The molecule has 3 aromatic carbocycles. The van der Waals surface area contributed by atoms with Gasteiger partial charge in [0.2, 0.25) is 5.91 Å². The smallest absolute Gasteiger partial charge is 0.316 e. The third kappa shape index (κ3) is 4.92. The molecule has 0 unspecified atom stereocenters. The van der Waals surface area contributed by atoms with Crippen LogP contribution in [-0.4, -0.2) is 30.2 Å². The average Bonchev–Trinajstić information content (AvgIpc) is 3.38. The number of imide groups is 1. The lowest BCUT2D eigenvalue weighted by molar-refractivity contribution is -0.139. The highest BCUT2D eigenvalue weighted by atomic mass is 79.9. The predicted molar refractivity (Wildman–Crippen MR) is 162 cm³/mol. The van der Waals surface area contributed by atoms with Crippen LogP contribution in [0, 0.1) is 26.7 Å². The Morgan fingerprint density at radius 1 is 0.821 bits per heavy atom. The van der Waals surface area contributed by atoms with Crippen molar-refractivity contribution in [3.05, 3.63) is 82.1 Å². The summed E-state index contributed by atoms with van der Waals surface area (Å²) in [5, 5.41) is 0. The third-order valence-corrected chi connectivity index (χ3v) is 11.5. The molecule has 7 nitrogen and oxygen atoms in total. The Labute approximate surface area is 258 Å². The van der Waals surface area contributed by atoms with E-state index in [1.165, 1.54) is 6.07 Å². The van der Waals surface area contributed by atoms with Crippen molar-refractivity contribution in [3.63, 3.8) is 0 Å². The standard InChI is InChI=1S/C28H20Br4N2O5/c1-12-6-13(2)8-16(7-12)33-11-15(10-19(33)35)28(38)39-17-4-5-18(14(3)9-17)34-26(36)20-21(27(34)37)23(30)25(32)24(31)22(20)29/h4-9,15H,10-11H2,1-3H3/t15-/m1/s1. The fourth-order valence-electron chi connectivity index (χ4n) is 4.93. The van der Waals surface area contributed by atoms with Crippen molar-refractivity contribution < 1.29 is 23.9 Å². The molecule has 0 saturated carbocycles. The summed E-state index contributed by atoms with van der Waals surface area (Å²) in [5.74, 6) is -1.93. The molecule has 5 rings (SSSR count). The second-order valence-electron chi connectivity index (χ2n) is 9.57. The van der Waals surface area contributed by atoms with Gasteiger partial charge in [0, 0.05) is 36.5 Å². The van der Waals surface area contributed by atoms with Crippen LogP contribution in [-0.2, 0) is 9.59 Å². The number of amides is 3. The van der Waals surface area contributed by atoms with Gasteiger partial charge in [-0.1, -0.05) is 6.07 Å². The first-order valence-electron chi connectivity index (χ1n) is 11.8. The van der Waals surface area contributed by atoms with Crippen molar-refractivity contribution in [1.82, 2.24) is 0 Å². The van der Waals surface area contributed by atoms with Gasteiger partial charge in [-0.3, -0.25) is 19.2 Å². The summed E-state index contributed by atoms with van der Waals surface area (Å²) >= 11 is 13.7. The quantitative estimate of drug-likeness (QED) is 0.0905. The molecule has 3 aromatic rings. The first-order chi connectivity index (χ1) is 18.4. The molecule has 39 heavy (non-hydrogen) atoms. The van der Waals surface area contributed by atoms with Gasteiger partial charge in [0.15, 0.2) is 0 Å². The fraction of sp³-hybridized carbons (Fsp3) is 0.214. The predicted octanol–water partition coefficient (Wildman–Crippen LogP) is 7.42. The summed E-state index contributed by atoms with van der Waals surface area (Å²) in [6, 6.07) is 10.6. The van der Waals surface area contributed by atoms with Crippen LogP contribution in [0.3, 0.4) is 0 Å². The Morgan fingerprint density at radius 2 is 1.38 bits per heavy atom. The van der Waals surface area contributed by atoms with Gasteiger partial charge >= 0.3 is 5.97 Å². The Morgan fingerprint density at radius 3 is 1.92 bits per heavy atom. The van der Waals surface area contributed by atoms with Crippen LogP contribution in [0.15, 0.2) is 54.3 Å². The number of carbonyl (C=O) groups excluding carboxylic acids is 4. The molecule has 1 atom stereocenters. The van der Waals surface area contributed by atoms with Crippen LogP contribution in [0.25, 0.3) is 0 Å². The van der Waals surface area contributed by atoms with E-state index < -0.39 is 23.7 Å². The maximum Gasteiger partial charge on any atom is 0.316 e. The molecule has 2 aliphatic heterocycles. The molecule has 0 N–H and O–H groups in total. The Bertz CT molecular complexity index is 1550. The topological polar surface area (TPSA) is 84.0 Å². The molecule has 1 fully saturated rings. The minimum absolute atomic E-state index is 0.0623. The van der Waals surface area contributed by atoms with E-state index in [1.54, 1.807) is 24.0 Å². The highest BCUT2D eigenvalue weighted by Crippen LogP contribution is 2.46. The number of esters is 1. The van der Waals surface area contributed by atoms with Crippen LogP contribution in [0.5, 0.6) is 5.75 Å². The molecule has 0 radical (unpaired) electrons. The summed E-state index contributed by atoms with van der Waals surface area (Å²) in [7, 11) is 0. The van der Waals surface area contributed by atoms with Crippen molar-refractivity contribution in [2.24, 2.45) is 5.92 Å². The Kier molecular flexibility index (Phi) is 7.64. The maximum absolute atomic E-state index is 13.3. The van der Waals surface area contributed by atoms with Crippen LogP contribution >= 0.6 is 63.7 Å². The van der Waals surface area contributed by atoms with Gasteiger partial charge in [0.25, 0.3) is 11.8 Å². The number of fused-ring (bicyclic) bond motifs is 1. The molecule has 0 aromatic heterocycles. The normalized spacial score (nSPS) is 16.8. The summed E-state index contributed by atoms with van der Waals surface area (Å²) < 4.78 is 7.78. The number of carbonyl (C=O) groups is 4. The number of ether oxygens (including phenoxy) is 1. The number of anilines is 2. The number of nitrogens with zero attached hydrogens (tertiary/aromatic N) is 2. The lowest BCUT2D eigenvalue weighted by atomic mass is 10.1. The number of benzene rings is 3. The third-order valence-electron chi connectivity index (χ3n) is 6.71. The van der Waals surface area contributed by atoms with Gasteiger partial charge in [-0.25, -0.2) is 4.90 Å². The minimum atomic E-state index is -0.610. The van der Waals surface area contributed by atoms with Crippen molar-refractivity contribution in [2.45, 2.75) is 27.2 Å². The van der Waals surface area contributed by atoms with Crippen molar-refractivity contribution >= 4 is 98.8 Å². The zero-order valence-electron chi connectivity index (χ0n) is 20.9. The highest BCUT2D eigenvalue weighted by Gasteiger charge is 2.42. The molecular weight excluding hydrogens is 764 g/mol. The number of rotatable bonds is 4. The van der Waals surface area contributed by atoms with Crippen molar-refractivity contribution in [2.75, 3.05) is 16.3 Å². The van der Waals surface area contributed by atoms with E-state index in [1.807, 2.05) is 32.0 Å². The summed E-state index contributed by atoms with van der Waals surface area (Å²) in [5.41, 5.74) is 4.29. The second-order valence-corrected chi connectivity index (χ2v) is 12.7. The van der Waals surface area contributed by atoms with E-state index in [9.17, 15) is 19.2 Å². The van der Waals surface area contributed by atoms with E-state index in [4.69, 9.17) is 4.74 Å². The van der Waals surface area contributed by atoms with Crippen LogP contribution in [0.4, 0.5) is 11.4 Å².